The van der Waals surface area contributed by atoms with Gasteiger partial charge in [-0.1, -0.05) is 12.1 Å². The Kier molecular flexibility index (Phi) is 10.1. The molecule has 28 heavy (non-hydrogen) atoms. The van der Waals surface area contributed by atoms with Crippen LogP contribution in [-0.4, -0.2) is 72.4 Å². The van der Waals surface area contributed by atoms with Crippen molar-refractivity contribution in [2.24, 2.45) is 4.99 Å². The number of nitrogens with one attached hydrogen (secondary N) is 2. The molecular formula is C18H29IN6O3. The molecule has 10 heteroatoms. The molecule has 1 amide bonds. The van der Waals surface area contributed by atoms with Crippen molar-refractivity contribution < 1.29 is 9.72 Å². The quantitative estimate of drug-likeness (QED) is 0.200. The van der Waals surface area contributed by atoms with Gasteiger partial charge in [0.15, 0.2) is 5.96 Å². The number of amides is 1. The average molecular weight is 504 g/mol. The van der Waals surface area contributed by atoms with Crippen LogP contribution in [0.2, 0.25) is 0 Å². The molecule has 0 aliphatic carbocycles. The summed E-state index contributed by atoms with van der Waals surface area (Å²) in [5, 5.41) is 17.0. The number of halogens is 1. The summed E-state index contributed by atoms with van der Waals surface area (Å²) in [7, 11) is 1.72. The minimum absolute atomic E-state index is 0. The molecule has 9 nitrogen and oxygen atoms in total. The normalized spacial score (nSPS) is 15.1. The van der Waals surface area contributed by atoms with Crippen molar-refractivity contribution in [3.63, 3.8) is 0 Å². The van der Waals surface area contributed by atoms with E-state index in [2.05, 4.69) is 25.4 Å². The van der Waals surface area contributed by atoms with Gasteiger partial charge in [-0.25, -0.2) is 0 Å². The summed E-state index contributed by atoms with van der Waals surface area (Å²) < 4.78 is 0. The van der Waals surface area contributed by atoms with Gasteiger partial charge in [0, 0.05) is 57.9 Å². The van der Waals surface area contributed by atoms with E-state index in [9.17, 15) is 14.9 Å². The zero-order valence-corrected chi connectivity index (χ0v) is 18.9. The topological polar surface area (TPSA) is 103 Å². The van der Waals surface area contributed by atoms with Gasteiger partial charge in [0.05, 0.1) is 11.5 Å². The van der Waals surface area contributed by atoms with Crippen LogP contribution in [0.4, 0.5) is 5.69 Å². The maximum absolute atomic E-state index is 11.9. The molecule has 0 saturated carbocycles. The van der Waals surface area contributed by atoms with Gasteiger partial charge in [-0.05, 0) is 19.4 Å². The van der Waals surface area contributed by atoms with Crippen LogP contribution >= 0.6 is 24.0 Å². The number of guanidine groups is 1. The Morgan fingerprint density at radius 2 is 1.96 bits per heavy atom. The molecule has 0 atom stereocenters. The minimum atomic E-state index is -0.396. The van der Waals surface area contributed by atoms with E-state index < -0.39 is 4.92 Å². The molecule has 0 unspecified atom stereocenters. The van der Waals surface area contributed by atoms with E-state index in [1.807, 2.05) is 19.9 Å². The minimum Gasteiger partial charge on any atom is -0.353 e. The fraction of sp³-hybridized carbons (Fsp3) is 0.556. The highest BCUT2D eigenvalue weighted by Gasteiger charge is 2.21. The highest BCUT2D eigenvalue weighted by Crippen LogP contribution is 2.13. The summed E-state index contributed by atoms with van der Waals surface area (Å²) in [6.45, 7) is 7.87. The molecule has 156 valence electrons. The van der Waals surface area contributed by atoms with Gasteiger partial charge in [-0.2, -0.15) is 0 Å². The number of carbonyl (C=O) groups is 1. The first kappa shape index (κ1) is 24.1. The van der Waals surface area contributed by atoms with E-state index in [4.69, 9.17) is 0 Å². The van der Waals surface area contributed by atoms with Crippen molar-refractivity contribution in [3.05, 3.63) is 39.9 Å². The van der Waals surface area contributed by atoms with E-state index in [0.29, 0.717) is 13.1 Å². The maximum Gasteiger partial charge on any atom is 0.269 e. The van der Waals surface area contributed by atoms with Crippen molar-refractivity contribution >= 4 is 41.5 Å². The fourth-order valence-corrected chi connectivity index (χ4v) is 2.98. The molecule has 2 N–H and O–H groups in total. The highest BCUT2D eigenvalue weighted by molar-refractivity contribution is 14.0. The van der Waals surface area contributed by atoms with Crippen molar-refractivity contribution in [2.45, 2.75) is 26.4 Å². The smallest absolute Gasteiger partial charge is 0.269 e. The van der Waals surface area contributed by atoms with Crippen molar-refractivity contribution in [1.82, 2.24) is 20.4 Å². The Balaban J connectivity index is 0.00000392. The molecule has 0 bridgehead atoms. The van der Waals surface area contributed by atoms with E-state index >= 15 is 0 Å². The predicted molar refractivity (Wildman–Crippen MR) is 120 cm³/mol. The van der Waals surface area contributed by atoms with Crippen molar-refractivity contribution in [1.29, 1.82) is 0 Å². The van der Waals surface area contributed by atoms with Crippen molar-refractivity contribution in [3.8, 4) is 0 Å². The SMILES string of the molecule is CN=C(NCc1cccc([N+](=O)[O-])c1)N1CCN(CC(=O)NC(C)C)CC1.I. The average Bonchev–Trinajstić information content (AvgIpc) is 2.63. The fourth-order valence-electron chi connectivity index (χ4n) is 2.98. The van der Waals surface area contributed by atoms with Gasteiger partial charge in [0.2, 0.25) is 5.91 Å². The first-order valence-electron chi connectivity index (χ1n) is 9.09. The number of hydrogen-bond acceptors (Lipinski definition) is 5. The van der Waals surface area contributed by atoms with Crippen LogP contribution in [0.3, 0.4) is 0 Å². The zero-order valence-electron chi connectivity index (χ0n) is 16.6. The summed E-state index contributed by atoms with van der Waals surface area (Å²) in [6, 6.07) is 6.71. The molecule has 1 aliphatic heterocycles. The lowest BCUT2D eigenvalue weighted by Gasteiger charge is -2.36. The van der Waals surface area contributed by atoms with Crippen LogP contribution < -0.4 is 10.6 Å². The summed E-state index contributed by atoms with van der Waals surface area (Å²) in [6.07, 6.45) is 0. The van der Waals surface area contributed by atoms with Gasteiger partial charge in [0.1, 0.15) is 0 Å². The number of rotatable bonds is 6. The number of aliphatic imine (C=N–C) groups is 1. The zero-order chi connectivity index (χ0) is 19.8. The number of benzene rings is 1. The van der Waals surface area contributed by atoms with Crippen LogP contribution in [0.25, 0.3) is 0 Å². The third-order valence-electron chi connectivity index (χ3n) is 4.27. The molecule has 0 aromatic heterocycles. The Morgan fingerprint density at radius 1 is 1.29 bits per heavy atom. The van der Waals surface area contributed by atoms with Gasteiger partial charge in [-0.15, -0.1) is 24.0 Å². The first-order valence-corrected chi connectivity index (χ1v) is 9.09. The van der Waals surface area contributed by atoms with Crippen LogP contribution in [-0.2, 0) is 11.3 Å². The van der Waals surface area contributed by atoms with Crippen LogP contribution in [0, 0.1) is 10.1 Å². The first-order chi connectivity index (χ1) is 12.9. The van der Waals surface area contributed by atoms with Crippen molar-refractivity contribution in [2.75, 3.05) is 39.8 Å². The molecule has 0 spiro atoms. The van der Waals surface area contributed by atoms with Crippen LogP contribution in [0.1, 0.15) is 19.4 Å². The van der Waals surface area contributed by atoms with Gasteiger partial charge in [0.25, 0.3) is 5.69 Å². The molecule has 1 fully saturated rings. The van der Waals surface area contributed by atoms with E-state index in [0.717, 1.165) is 37.7 Å². The van der Waals surface area contributed by atoms with Crippen LogP contribution in [0.5, 0.6) is 0 Å². The molecule has 2 rings (SSSR count). The van der Waals surface area contributed by atoms with Gasteiger partial charge < -0.3 is 15.5 Å². The molecule has 1 aliphatic rings. The molecular weight excluding hydrogens is 475 g/mol. The molecule has 1 saturated heterocycles. The number of piperazine rings is 1. The molecule has 1 heterocycles. The lowest BCUT2D eigenvalue weighted by atomic mass is 10.2. The third-order valence-corrected chi connectivity index (χ3v) is 4.27. The number of carbonyl (C=O) groups excluding carboxylic acids is 1. The summed E-state index contributed by atoms with van der Waals surface area (Å²) in [5.41, 5.74) is 0.909. The van der Waals surface area contributed by atoms with E-state index in [-0.39, 0.29) is 41.6 Å². The standard InChI is InChI=1S/C18H28N6O3.HI/c1-14(2)21-17(25)13-22-7-9-23(10-8-22)18(19-3)20-12-15-5-4-6-16(11-15)24(26)27;/h4-6,11,14H,7-10,12-13H2,1-3H3,(H,19,20)(H,21,25);1H. The Hall–Kier alpha value is -1.95. The predicted octanol–water partition coefficient (Wildman–Crippen LogP) is 1.43. The highest BCUT2D eigenvalue weighted by atomic mass is 127. The monoisotopic (exact) mass is 504 g/mol. The van der Waals surface area contributed by atoms with Gasteiger partial charge in [-0.3, -0.25) is 24.8 Å². The van der Waals surface area contributed by atoms with E-state index in [1.165, 1.54) is 6.07 Å². The lowest BCUT2D eigenvalue weighted by molar-refractivity contribution is -0.384. The molecule has 1 aromatic carbocycles. The maximum atomic E-state index is 11.9. The van der Waals surface area contributed by atoms with E-state index in [1.54, 1.807) is 19.2 Å². The second-order valence-corrected chi connectivity index (χ2v) is 6.81. The molecule has 1 aromatic rings. The number of nitrogens with zero attached hydrogens (tertiary/aromatic N) is 4. The summed E-state index contributed by atoms with van der Waals surface area (Å²) in [4.78, 5) is 30.9. The number of non-ortho nitro benzene ring substituents is 1. The second-order valence-electron chi connectivity index (χ2n) is 6.81. The lowest BCUT2D eigenvalue weighted by Crippen LogP contribution is -2.54. The Bertz CT molecular complexity index is 690. The number of nitro groups is 1. The Labute approximate surface area is 182 Å². The molecule has 0 radical (unpaired) electrons. The summed E-state index contributed by atoms with van der Waals surface area (Å²) >= 11 is 0. The van der Waals surface area contributed by atoms with Crippen LogP contribution in [0.15, 0.2) is 29.3 Å². The Morgan fingerprint density at radius 3 is 2.54 bits per heavy atom. The second kappa shape index (κ2) is 11.8. The largest absolute Gasteiger partial charge is 0.353 e. The third kappa shape index (κ3) is 7.58. The number of hydrogen-bond donors (Lipinski definition) is 2. The number of nitro benzene ring substituents is 1. The van der Waals surface area contributed by atoms with Gasteiger partial charge >= 0.3 is 0 Å². The summed E-state index contributed by atoms with van der Waals surface area (Å²) in [5.74, 6) is 0.805.